The van der Waals surface area contributed by atoms with Crippen molar-refractivity contribution < 1.29 is 13.7 Å². The Balaban J connectivity index is 1.77. The van der Waals surface area contributed by atoms with E-state index in [1.807, 2.05) is 0 Å². The average molecular weight is 283 g/mol. The van der Waals surface area contributed by atoms with Gasteiger partial charge in [-0.1, -0.05) is 5.16 Å². The quantitative estimate of drug-likeness (QED) is 0.801. The Bertz CT molecular complexity index is 754. The minimum Gasteiger partial charge on any atom is -0.355 e. The molecule has 2 aromatic heterocycles. The first kappa shape index (κ1) is 13.0. The molecule has 5 nitrogen and oxygen atoms in total. The van der Waals surface area contributed by atoms with Gasteiger partial charge in [0.1, 0.15) is 5.82 Å². The molecule has 21 heavy (non-hydrogen) atoms. The third-order valence-corrected chi connectivity index (χ3v) is 2.79. The molecule has 0 aliphatic carbocycles. The van der Waals surface area contributed by atoms with Crippen molar-refractivity contribution in [3.05, 3.63) is 66.4 Å². The van der Waals surface area contributed by atoms with E-state index in [2.05, 4.69) is 15.5 Å². The van der Waals surface area contributed by atoms with Crippen molar-refractivity contribution in [2.24, 2.45) is 0 Å². The van der Waals surface area contributed by atoms with Crippen LogP contribution in [0.25, 0.3) is 11.3 Å². The van der Waals surface area contributed by atoms with Crippen LogP contribution in [0.15, 0.2) is 59.4 Å². The van der Waals surface area contributed by atoms with Crippen LogP contribution in [0.4, 0.5) is 10.1 Å². The second kappa shape index (κ2) is 5.54. The molecule has 1 N–H and O–H groups in total. The molecule has 0 atom stereocenters. The van der Waals surface area contributed by atoms with Gasteiger partial charge in [0.15, 0.2) is 11.5 Å². The number of hydrogen-bond donors (Lipinski definition) is 1. The molecule has 2 heterocycles. The lowest BCUT2D eigenvalue weighted by Crippen LogP contribution is -2.12. The minimum absolute atomic E-state index is 0.137. The highest BCUT2D eigenvalue weighted by atomic mass is 19.1. The van der Waals surface area contributed by atoms with Crippen LogP contribution in [0, 0.1) is 5.82 Å². The van der Waals surface area contributed by atoms with Crippen molar-refractivity contribution in [2.45, 2.75) is 0 Å². The van der Waals surface area contributed by atoms with E-state index in [4.69, 9.17) is 4.52 Å². The molecule has 1 aromatic carbocycles. The molecule has 0 saturated carbocycles. The fraction of sp³-hybridized carbons (Fsp3) is 0. The van der Waals surface area contributed by atoms with E-state index < -0.39 is 5.91 Å². The van der Waals surface area contributed by atoms with Crippen molar-refractivity contribution in [1.29, 1.82) is 0 Å². The predicted molar refractivity (Wildman–Crippen MR) is 74.1 cm³/mol. The lowest BCUT2D eigenvalue weighted by molar-refractivity contribution is 0.101. The first-order valence-electron chi connectivity index (χ1n) is 6.16. The molecule has 0 saturated heterocycles. The molecule has 0 aliphatic heterocycles. The van der Waals surface area contributed by atoms with E-state index in [0.29, 0.717) is 11.4 Å². The fourth-order valence-corrected chi connectivity index (χ4v) is 1.76. The molecule has 3 rings (SSSR count). The van der Waals surface area contributed by atoms with E-state index in [-0.39, 0.29) is 11.5 Å². The number of pyridine rings is 1. The van der Waals surface area contributed by atoms with E-state index in [9.17, 15) is 9.18 Å². The first-order chi connectivity index (χ1) is 10.2. The predicted octanol–water partition coefficient (Wildman–Crippen LogP) is 3.13. The Morgan fingerprint density at radius 2 is 2.00 bits per heavy atom. The largest absolute Gasteiger partial charge is 0.355 e. The molecule has 0 fully saturated rings. The van der Waals surface area contributed by atoms with Crippen molar-refractivity contribution in [1.82, 2.24) is 10.1 Å². The zero-order chi connectivity index (χ0) is 14.7. The molecule has 0 radical (unpaired) electrons. The van der Waals surface area contributed by atoms with Gasteiger partial charge in [-0.2, -0.15) is 0 Å². The van der Waals surface area contributed by atoms with Gasteiger partial charge in [-0.3, -0.25) is 9.78 Å². The van der Waals surface area contributed by atoms with E-state index in [1.165, 1.54) is 30.3 Å². The van der Waals surface area contributed by atoms with Crippen LogP contribution in [0.2, 0.25) is 0 Å². The first-order valence-corrected chi connectivity index (χ1v) is 6.16. The highest BCUT2D eigenvalue weighted by Gasteiger charge is 2.14. The zero-order valence-corrected chi connectivity index (χ0v) is 10.8. The summed E-state index contributed by atoms with van der Waals surface area (Å²) in [5.41, 5.74) is 1.34. The highest BCUT2D eigenvalue weighted by molar-refractivity contribution is 6.03. The van der Waals surface area contributed by atoms with Crippen LogP contribution in [-0.4, -0.2) is 16.0 Å². The molecular weight excluding hydrogens is 273 g/mol. The molecule has 104 valence electrons. The maximum Gasteiger partial charge on any atom is 0.277 e. The average Bonchev–Trinajstić information content (AvgIpc) is 3.00. The molecule has 1 amide bonds. The molecule has 0 bridgehead atoms. The number of anilines is 1. The van der Waals surface area contributed by atoms with Crippen molar-refractivity contribution in [2.75, 3.05) is 5.32 Å². The number of carbonyl (C=O) groups excluding carboxylic acids is 1. The van der Waals surface area contributed by atoms with Crippen LogP contribution in [0.5, 0.6) is 0 Å². The fourth-order valence-electron chi connectivity index (χ4n) is 1.76. The molecular formula is C15H10FN3O2. The van der Waals surface area contributed by atoms with Gasteiger partial charge in [0.25, 0.3) is 5.91 Å². The smallest absolute Gasteiger partial charge is 0.277 e. The third kappa shape index (κ3) is 2.94. The van der Waals surface area contributed by atoms with Gasteiger partial charge in [-0.25, -0.2) is 4.39 Å². The Morgan fingerprint density at radius 1 is 1.19 bits per heavy atom. The summed E-state index contributed by atoms with van der Waals surface area (Å²) in [6.45, 7) is 0. The number of benzene rings is 1. The maximum atomic E-state index is 12.8. The molecule has 3 aromatic rings. The molecule has 6 heteroatoms. The van der Waals surface area contributed by atoms with Crippen LogP contribution >= 0.6 is 0 Å². The van der Waals surface area contributed by atoms with Crippen molar-refractivity contribution >= 4 is 11.6 Å². The lowest BCUT2D eigenvalue weighted by atomic mass is 10.2. The van der Waals surface area contributed by atoms with E-state index in [0.717, 1.165) is 5.56 Å². The van der Waals surface area contributed by atoms with Crippen LogP contribution < -0.4 is 5.32 Å². The van der Waals surface area contributed by atoms with Crippen molar-refractivity contribution in [3.63, 3.8) is 0 Å². The number of amides is 1. The number of carbonyl (C=O) groups is 1. The summed E-state index contributed by atoms with van der Waals surface area (Å²) in [6.07, 6.45) is 3.25. The number of halogens is 1. The number of hydrogen-bond acceptors (Lipinski definition) is 4. The van der Waals surface area contributed by atoms with Gasteiger partial charge < -0.3 is 9.84 Å². The number of nitrogens with one attached hydrogen (secondary N) is 1. The van der Waals surface area contributed by atoms with Gasteiger partial charge >= 0.3 is 0 Å². The third-order valence-electron chi connectivity index (χ3n) is 2.79. The minimum atomic E-state index is -0.430. The Morgan fingerprint density at radius 3 is 2.71 bits per heavy atom. The highest BCUT2D eigenvalue weighted by Crippen LogP contribution is 2.19. The normalized spacial score (nSPS) is 10.3. The van der Waals surface area contributed by atoms with Gasteiger partial charge in [-0.15, -0.1) is 0 Å². The maximum absolute atomic E-state index is 12.8. The van der Waals surface area contributed by atoms with Crippen LogP contribution in [-0.2, 0) is 0 Å². The summed E-state index contributed by atoms with van der Waals surface area (Å²) in [5.74, 6) is -0.346. The van der Waals surface area contributed by atoms with Crippen LogP contribution in [0.3, 0.4) is 0 Å². The van der Waals surface area contributed by atoms with Gasteiger partial charge in [0.2, 0.25) is 0 Å². The van der Waals surface area contributed by atoms with Crippen LogP contribution in [0.1, 0.15) is 10.5 Å². The molecule has 0 unspecified atom stereocenters. The summed E-state index contributed by atoms with van der Waals surface area (Å²) in [7, 11) is 0. The standard InChI is InChI=1S/C15H10FN3O2/c16-11-3-5-12(6-4-11)18-15(20)13-8-14(21-19-13)10-2-1-7-17-9-10/h1-9H,(H,18,20). The molecule has 0 spiro atoms. The second-order valence-corrected chi connectivity index (χ2v) is 4.28. The van der Waals surface area contributed by atoms with Gasteiger partial charge in [-0.05, 0) is 36.4 Å². The lowest BCUT2D eigenvalue weighted by Gasteiger charge is -2.01. The number of rotatable bonds is 3. The Kier molecular flexibility index (Phi) is 3.42. The molecule has 0 aliphatic rings. The van der Waals surface area contributed by atoms with E-state index >= 15 is 0 Å². The number of aromatic nitrogens is 2. The summed E-state index contributed by atoms with van der Waals surface area (Å²) in [4.78, 5) is 16.0. The van der Waals surface area contributed by atoms with Crippen molar-refractivity contribution in [3.8, 4) is 11.3 Å². The monoisotopic (exact) mass is 283 g/mol. The zero-order valence-electron chi connectivity index (χ0n) is 10.8. The summed E-state index contributed by atoms with van der Waals surface area (Å²) < 4.78 is 17.9. The summed E-state index contributed by atoms with van der Waals surface area (Å²) in [5, 5.41) is 6.32. The second-order valence-electron chi connectivity index (χ2n) is 4.28. The SMILES string of the molecule is O=C(Nc1ccc(F)cc1)c1cc(-c2cccnc2)on1. The van der Waals surface area contributed by atoms with Gasteiger partial charge in [0.05, 0.1) is 0 Å². The Hall–Kier alpha value is -3.02. The van der Waals surface area contributed by atoms with Gasteiger partial charge in [0, 0.05) is 29.7 Å². The topological polar surface area (TPSA) is 68.0 Å². The summed E-state index contributed by atoms with van der Waals surface area (Å²) >= 11 is 0. The number of nitrogens with zero attached hydrogens (tertiary/aromatic N) is 2. The summed E-state index contributed by atoms with van der Waals surface area (Å²) in [6, 6.07) is 10.5. The Labute approximate surface area is 119 Å². The van der Waals surface area contributed by atoms with E-state index in [1.54, 1.807) is 24.5 Å².